The van der Waals surface area contributed by atoms with E-state index in [9.17, 15) is 23.9 Å². The van der Waals surface area contributed by atoms with Gasteiger partial charge in [-0.25, -0.2) is 14.0 Å². The summed E-state index contributed by atoms with van der Waals surface area (Å²) in [6.45, 7) is 2.28. The first kappa shape index (κ1) is 31.8. The Kier molecular flexibility index (Phi) is 10.8. The molecule has 0 saturated heterocycles. The number of urea groups is 1. The van der Waals surface area contributed by atoms with Gasteiger partial charge in [0.25, 0.3) is 0 Å². The summed E-state index contributed by atoms with van der Waals surface area (Å²) < 4.78 is 25.3. The Bertz CT molecular complexity index is 1640. The number of hydrogen-bond acceptors (Lipinski definition) is 5. The number of anilines is 2. The highest BCUT2D eigenvalue weighted by atomic mass is 35.5. The second-order valence-electron chi connectivity index (χ2n) is 9.89. The standard InChI is InChI=1S/C33H31ClFN3O6/c1-21(20-44-29-15-13-24(32(40)41)18-25(29)34)38(19-22-8-4-3-5-9-22)31(39)17-23-12-14-28(30(16-23)43-2)37-33(42)36-27-11-7-6-10-26(27)35/h3-16,18,21H,17,19-20H2,1-2H3,(H,40,41)(H2,36,37,42). The molecule has 1 atom stereocenters. The van der Waals surface area contributed by atoms with Crippen molar-refractivity contribution in [2.24, 2.45) is 0 Å². The lowest BCUT2D eigenvalue weighted by Gasteiger charge is -2.30. The molecule has 0 aromatic heterocycles. The van der Waals surface area contributed by atoms with E-state index in [2.05, 4.69) is 10.6 Å². The molecule has 0 aliphatic heterocycles. The van der Waals surface area contributed by atoms with Gasteiger partial charge in [-0.3, -0.25) is 4.79 Å². The molecule has 4 aromatic carbocycles. The van der Waals surface area contributed by atoms with Gasteiger partial charge in [-0.1, -0.05) is 60.1 Å². The van der Waals surface area contributed by atoms with E-state index in [-0.39, 0.29) is 41.3 Å². The first-order valence-corrected chi connectivity index (χ1v) is 14.0. The molecule has 0 fully saturated rings. The van der Waals surface area contributed by atoms with Crippen molar-refractivity contribution in [2.75, 3.05) is 24.4 Å². The summed E-state index contributed by atoms with van der Waals surface area (Å²) in [7, 11) is 1.44. The van der Waals surface area contributed by atoms with Gasteiger partial charge in [0.2, 0.25) is 5.91 Å². The van der Waals surface area contributed by atoms with E-state index >= 15 is 0 Å². The fourth-order valence-electron chi connectivity index (χ4n) is 4.38. The van der Waals surface area contributed by atoms with Gasteiger partial charge in [-0.2, -0.15) is 0 Å². The van der Waals surface area contributed by atoms with Crippen LogP contribution in [0.5, 0.6) is 11.5 Å². The Labute approximate surface area is 259 Å². The number of amides is 3. The number of aromatic carboxylic acids is 1. The predicted molar refractivity (Wildman–Crippen MR) is 166 cm³/mol. The van der Waals surface area contributed by atoms with Gasteiger partial charge in [-0.05, 0) is 60.5 Å². The number of carboxylic acid groups (broad SMARTS) is 1. The van der Waals surface area contributed by atoms with Crippen LogP contribution in [0.15, 0.2) is 91.0 Å². The largest absolute Gasteiger partial charge is 0.495 e. The lowest BCUT2D eigenvalue weighted by molar-refractivity contribution is -0.133. The maximum absolute atomic E-state index is 13.9. The van der Waals surface area contributed by atoms with E-state index < -0.39 is 17.8 Å². The van der Waals surface area contributed by atoms with Crippen molar-refractivity contribution >= 4 is 40.9 Å². The van der Waals surface area contributed by atoms with Crippen LogP contribution in [0.2, 0.25) is 5.02 Å². The van der Waals surface area contributed by atoms with Crippen LogP contribution >= 0.6 is 11.6 Å². The Hall–Kier alpha value is -5.09. The molecule has 0 radical (unpaired) electrons. The zero-order valence-corrected chi connectivity index (χ0v) is 24.8. The second kappa shape index (κ2) is 14.9. The molecule has 228 valence electrons. The Balaban J connectivity index is 1.47. The molecule has 3 amide bonds. The monoisotopic (exact) mass is 619 g/mol. The fraction of sp³-hybridized carbons (Fsp3) is 0.182. The smallest absolute Gasteiger partial charge is 0.335 e. The van der Waals surface area contributed by atoms with Crippen molar-refractivity contribution in [3.05, 3.63) is 119 Å². The number of methoxy groups -OCH3 is 1. The summed E-state index contributed by atoms with van der Waals surface area (Å²) in [6.07, 6.45) is 0.0311. The molecule has 44 heavy (non-hydrogen) atoms. The van der Waals surface area contributed by atoms with Crippen LogP contribution in [0, 0.1) is 5.82 Å². The average molecular weight is 620 g/mol. The van der Waals surface area contributed by atoms with Crippen LogP contribution < -0.4 is 20.1 Å². The molecule has 9 nitrogen and oxygen atoms in total. The highest BCUT2D eigenvalue weighted by Gasteiger charge is 2.23. The zero-order valence-electron chi connectivity index (χ0n) is 24.1. The van der Waals surface area contributed by atoms with E-state index in [4.69, 9.17) is 21.1 Å². The van der Waals surface area contributed by atoms with Gasteiger partial charge in [0, 0.05) is 6.54 Å². The molecule has 11 heteroatoms. The summed E-state index contributed by atoms with van der Waals surface area (Å²) in [5.41, 5.74) is 1.98. The van der Waals surface area contributed by atoms with E-state index in [1.165, 1.54) is 43.5 Å². The Morgan fingerprint density at radius 1 is 0.886 bits per heavy atom. The SMILES string of the molecule is COc1cc(CC(=O)N(Cc2ccccc2)C(C)COc2ccc(C(=O)O)cc2Cl)ccc1NC(=O)Nc1ccccc1F. The summed E-state index contributed by atoms with van der Waals surface area (Å²) in [5.74, 6) is -1.22. The van der Waals surface area contributed by atoms with Gasteiger partial charge >= 0.3 is 12.0 Å². The topological polar surface area (TPSA) is 117 Å². The summed E-state index contributed by atoms with van der Waals surface area (Å²) in [4.78, 5) is 39.1. The molecule has 3 N–H and O–H groups in total. The third-order valence-corrected chi connectivity index (χ3v) is 6.99. The lowest BCUT2D eigenvalue weighted by atomic mass is 10.1. The number of rotatable bonds is 12. The normalized spacial score (nSPS) is 11.3. The van der Waals surface area contributed by atoms with Crippen LogP contribution in [0.4, 0.5) is 20.6 Å². The second-order valence-corrected chi connectivity index (χ2v) is 10.3. The van der Waals surface area contributed by atoms with E-state index in [0.717, 1.165) is 5.56 Å². The van der Waals surface area contributed by atoms with Gasteiger partial charge < -0.3 is 30.1 Å². The quantitative estimate of drug-likeness (QED) is 0.159. The minimum Gasteiger partial charge on any atom is -0.495 e. The van der Waals surface area contributed by atoms with Gasteiger partial charge in [0.15, 0.2) is 0 Å². The molecule has 0 bridgehead atoms. The van der Waals surface area contributed by atoms with Crippen molar-refractivity contribution in [3.63, 3.8) is 0 Å². The van der Waals surface area contributed by atoms with Crippen molar-refractivity contribution in [1.29, 1.82) is 0 Å². The number of carbonyl (C=O) groups is 3. The van der Waals surface area contributed by atoms with Gasteiger partial charge in [0.05, 0.1) is 41.5 Å². The number of para-hydroxylation sites is 1. The summed E-state index contributed by atoms with van der Waals surface area (Å²) in [5, 5.41) is 14.4. The zero-order chi connectivity index (χ0) is 31.6. The highest BCUT2D eigenvalue weighted by molar-refractivity contribution is 6.32. The number of carboxylic acids is 1. The first-order chi connectivity index (χ1) is 21.1. The number of benzene rings is 4. The number of halogens is 2. The van der Waals surface area contributed by atoms with Crippen molar-refractivity contribution in [1.82, 2.24) is 4.90 Å². The molecule has 0 spiro atoms. The molecule has 4 rings (SSSR count). The van der Waals surface area contributed by atoms with E-state index in [1.54, 1.807) is 29.2 Å². The minimum absolute atomic E-state index is 0.0299. The van der Waals surface area contributed by atoms with Crippen LogP contribution in [0.3, 0.4) is 0 Å². The first-order valence-electron chi connectivity index (χ1n) is 13.6. The van der Waals surface area contributed by atoms with Crippen LogP contribution in [-0.4, -0.2) is 47.7 Å². The number of hydrogen-bond donors (Lipinski definition) is 3. The molecule has 0 saturated carbocycles. The van der Waals surface area contributed by atoms with E-state index in [0.29, 0.717) is 29.3 Å². The number of carbonyl (C=O) groups excluding carboxylic acids is 2. The van der Waals surface area contributed by atoms with Crippen molar-refractivity contribution in [3.8, 4) is 11.5 Å². The molecule has 1 unspecified atom stereocenters. The van der Waals surface area contributed by atoms with Crippen molar-refractivity contribution in [2.45, 2.75) is 25.9 Å². The summed E-state index contributed by atoms with van der Waals surface area (Å²) >= 11 is 6.23. The minimum atomic E-state index is -1.10. The van der Waals surface area contributed by atoms with E-state index in [1.807, 2.05) is 37.3 Å². The lowest BCUT2D eigenvalue weighted by Crippen LogP contribution is -2.42. The number of nitrogens with one attached hydrogen (secondary N) is 2. The Morgan fingerprint density at radius 2 is 1.59 bits per heavy atom. The predicted octanol–water partition coefficient (Wildman–Crippen LogP) is 6.87. The summed E-state index contributed by atoms with van der Waals surface area (Å²) in [6, 6.07) is 23.4. The molecule has 0 aliphatic carbocycles. The molecule has 0 aliphatic rings. The number of ether oxygens (including phenoxy) is 2. The molecular weight excluding hydrogens is 589 g/mol. The third kappa shape index (κ3) is 8.48. The highest BCUT2D eigenvalue weighted by Crippen LogP contribution is 2.28. The average Bonchev–Trinajstić information content (AvgIpc) is 3.01. The third-order valence-electron chi connectivity index (χ3n) is 6.70. The van der Waals surface area contributed by atoms with Crippen LogP contribution in [0.25, 0.3) is 0 Å². The van der Waals surface area contributed by atoms with Crippen LogP contribution in [0.1, 0.15) is 28.4 Å². The molecule has 0 heterocycles. The van der Waals surface area contributed by atoms with Gasteiger partial charge in [0.1, 0.15) is 23.9 Å². The molecule has 4 aromatic rings. The van der Waals surface area contributed by atoms with Crippen molar-refractivity contribution < 1.29 is 33.4 Å². The molecular formula is C33H31ClFN3O6. The maximum atomic E-state index is 13.9. The van der Waals surface area contributed by atoms with Crippen LogP contribution in [-0.2, 0) is 17.8 Å². The van der Waals surface area contributed by atoms with Gasteiger partial charge in [-0.15, -0.1) is 0 Å². The maximum Gasteiger partial charge on any atom is 0.335 e. The number of nitrogens with zero attached hydrogens (tertiary/aromatic N) is 1. The fourth-order valence-corrected chi connectivity index (χ4v) is 4.62. The Morgan fingerprint density at radius 3 is 2.27 bits per heavy atom.